The van der Waals surface area contributed by atoms with Crippen molar-refractivity contribution in [1.29, 1.82) is 0 Å². The fourth-order valence-corrected chi connectivity index (χ4v) is 5.46. The molecule has 2 aromatic rings. The van der Waals surface area contributed by atoms with E-state index in [0.717, 1.165) is 30.4 Å². The van der Waals surface area contributed by atoms with Crippen LogP contribution < -0.4 is 54.8 Å². The van der Waals surface area contributed by atoms with Gasteiger partial charge in [0.25, 0.3) is 11.8 Å². The summed E-state index contributed by atoms with van der Waals surface area (Å²) in [5.74, 6) is -6.35. The normalized spacial score (nSPS) is 14.2. The van der Waals surface area contributed by atoms with E-state index < -0.39 is 90.6 Å². The summed E-state index contributed by atoms with van der Waals surface area (Å²) in [6, 6.07) is 10.8. The van der Waals surface area contributed by atoms with Gasteiger partial charge in [-0.05, 0) is 74.4 Å². The van der Waals surface area contributed by atoms with Gasteiger partial charge in [-0.1, -0.05) is 49.7 Å². The number of carbonyl (C=O) groups excluding carboxylic acids is 7. The van der Waals surface area contributed by atoms with E-state index in [9.17, 15) is 38.7 Å². The van der Waals surface area contributed by atoms with E-state index in [-0.39, 0.29) is 19.4 Å². The molecule has 58 heavy (non-hydrogen) atoms. The van der Waals surface area contributed by atoms with E-state index in [1.165, 1.54) is 12.5 Å². The molecule has 0 fully saturated rings. The Bertz CT molecular complexity index is 1670. The van der Waals surface area contributed by atoms with Crippen LogP contribution in [0.2, 0.25) is 0 Å². The van der Waals surface area contributed by atoms with Gasteiger partial charge in [0.05, 0.1) is 12.5 Å². The Morgan fingerprint density at radius 1 is 0.707 bits per heavy atom. The lowest BCUT2D eigenvalue weighted by atomic mass is 10.0. The predicted octanol–water partition coefficient (Wildman–Crippen LogP) is -3.23. The van der Waals surface area contributed by atoms with Crippen molar-refractivity contribution in [2.45, 2.75) is 108 Å². The third-order valence-corrected chi connectivity index (χ3v) is 8.80. The Hall–Kier alpha value is -5.51. The maximum Gasteiger partial charge on any atom is 0.258 e. The molecule has 0 aliphatic rings. The van der Waals surface area contributed by atoms with E-state index in [1.807, 2.05) is 29.6 Å². The smallest absolute Gasteiger partial charge is 0.258 e. The maximum absolute atomic E-state index is 13.4. The molecule has 0 aliphatic heterocycles. The minimum absolute atomic E-state index is 0.0560. The first-order chi connectivity index (χ1) is 27.5. The van der Waals surface area contributed by atoms with E-state index in [0.29, 0.717) is 24.9 Å². The third kappa shape index (κ3) is 16.9. The highest BCUT2D eigenvalue weighted by Gasteiger charge is 2.33. The molecular formula is C38H58N10O10. The van der Waals surface area contributed by atoms with Crippen LogP contribution in [0, 0.1) is 0 Å². The van der Waals surface area contributed by atoms with Gasteiger partial charge in [-0.3, -0.25) is 33.6 Å². The average molecular weight is 815 g/mol. The zero-order valence-electron chi connectivity index (χ0n) is 32.7. The molecule has 0 saturated heterocycles. The summed E-state index contributed by atoms with van der Waals surface area (Å²) in [6.45, 7) is 3.57. The number of aryl methyl sites for hydroxylation is 1. The van der Waals surface area contributed by atoms with Crippen LogP contribution >= 0.6 is 0 Å². The zero-order chi connectivity index (χ0) is 43.4. The van der Waals surface area contributed by atoms with E-state index >= 15 is 0 Å². The van der Waals surface area contributed by atoms with Crippen molar-refractivity contribution < 1.29 is 48.9 Å². The number of carbonyl (C=O) groups is 7. The standard InChI is InChI=1S/C38H58N10O10/c1-3-4-7-22-9-11-23(12-10-22)24-13-15-25(16-14-24)33(52)43-19-17-29(51)44-26(8-5-6-18-39)34(53)46-30(21(2)49)36(55)47-31(41)37(56)45-27(20-28(40)50)35(54)48-32(42)38(57)58/h9-16,21,26-27,30-32,38,49,57-58H,3-8,17-20,39,41-42H2,1-2H3,(H2,40,50)(H,43,52)(H,44,51)(H,45,56)(H,46,53)(H,47,55)(H,48,54)/t21-,26+,27+,30+,31-,32-/m1/s1. The molecule has 0 radical (unpaired) electrons. The molecule has 0 saturated carbocycles. The van der Waals surface area contributed by atoms with Crippen molar-refractivity contribution in [3.05, 3.63) is 59.7 Å². The van der Waals surface area contributed by atoms with Gasteiger partial charge in [0, 0.05) is 18.5 Å². The Morgan fingerprint density at radius 3 is 1.86 bits per heavy atom. The van der Waals surface area contributed by atoms with Crippen molar-refractivity contribution in [2.75, 3.05) is 13.1 Å². The predicted molar refractivity (Wildman–Crippen MR) is 212 cm³/mol. The lowest BCUT2D eigenvalue weighted by Gasteiger charge is -2.26. The van der Waals surface area contributed by atoms with Crippen LogP contribution in [0.3, 0.4) is 0 Å². The van der Waals surface area contributed by atoms with Gasteiger partial charge in [0.1, 0.15) is 24.3 Å². The summed E-state index contributed by atoms with van der Waals surface area (Å²) < 4.78 is 0. The number of hydrogen-bond acceptors (Lipinski definition) is 13. The number of unbranched alkanes of at least 4 members (excludes halogenated alkanes) is 2. The number of aliphatic hydroxyl groups excluding tert-OH is 2. The molecule has 320 valence electrons. The molecule has 0 heterocycles. The van der Waals surface area contributed by atoms with Crippen LogP contribution in [-0.4, -0.2) is 113 Å². The SMILES string of the molecule is CCCCc1ccc(-c2ccc(C(=O)NCCC(=O)N[C@@H](CCCCN)C(=O)N[C@H](C(=O)N[C@@H](N)C(=O)N[C@@H](CC(N)=O)C(=O)N[C@@H](N)C(O)O)[C@@H](C)O)cc2)cc1. The van der Waals surface area contributed by atoms with E-state index in [2.05, 4.69) is 45.6 Å². The molecule has 0 unspecified atom stereocenters. The quantitative estimate of drug-likeness (QED) is 0.0347. The van der Waals surface area contributed by atoms with Crippen molar-refractivity contribution >= 4 is 41.4 Å². The summed E-state index contributed by atoms with van der Waals surface area (Å²) >= 11 is 0. The van der Waals surface area contributed by atoms with Gasteiger partial charge in [0.15, 0.2) is 12.5 Å². The zero-order valence-corrected chi connectivity index (χ0v) is 32.7. The fraction of sp³-hybridized carbons (Fsp3) is 0.500. The van der Waals surface area contributed by atoms with Crippen molar-refractivity contribution in [2.24, 2.45) is 22.9 Å². The Labute approximate surface area is 336 Å². The van der Waals surface area contributed by atoms with Crippen molar-refractivity contribution in [1.82, 2.24) is 31.9 Å². The fourth-order valence-electron chi connectivity index (χ4n) is 5.46. The number of aliphatic hydroxyl groups is 3. The van der Waals surface area contributed by atoms with Gasteiger partial charge >= 0.3 is 0 Å². The first kappa shape index (κ1) is 48.6. The number of benzene rings is 2. The molecular weight excluding hydrogens is 756 g/mol. The molecule has 20 heteroatoms. The van der Waals surface area contributed by atoms with Crippen LogP contribution in [0.25, 0.3) is 11.1 Å². The molecule has 2 aromatic carbocycles. The van der Waals surface area contributed by atoms with Crippen LogP contribution in [0.1, 0.15) is 74.7 Å². The van der Waals surface area contributed by atoms with Crippen LogP contribution in [0.15, 0.2) is 48.5 Å². The molecule has 0 bridgehead atoms. The second-order valence-electron chi connectivity index (χ2n) is 13.7. The molecule has 2 rings (SSSR count). The average Bonchev–Trinajstić information content (AvgIpc) is 3.18. The Morgan fingerprint density at radius 2 is 1.31 bits per heavy atom. The third-order valence-electron chi connectivity index (χ3n) is 8.80. The second kappa shape index (κ2) is 25.0. The molecule has 6 atom stereocenters. The summed E-state index contributed by atoms with van der Waals surface area (Å²) in [6.07, 6.45) is -3.98. The first-order valence-corrected chi connectivity index (χ1v) is 19.0. The number of nitrogens with two attached hydrogens (primary N) is 4. The summed E-state index contributed by atoms with van der Waals surface area (Å²) in [5.41, 5.74) is 25.5. The largest absolute Gasteiger partial charge is 0.391 e. The van der Waals surface area contributed by atoms with Crippen LogP contribution in [0.5, 0.6) is 0 Å². The number of amides is 7. The first-order valence-electron chi connectivity index (χ1n) is 19.0. The van der Waals surface area contributed by atoms with Crippen molar-refractivity contribution in [3.8, 4) is 11.1 Å². The Balaban J connectivity index is 1.99. The lowest BCUT2D eigenvalue weighted by Crippen LogP contribution is -2.63. The summed E-state index contributed by atoms with van der Waals surface area (Å²) in [7, 11) is 0. The molecule has 7 amide bonds. The highest BCUT2D eigenvalue weighted by Crippen LogP contribution is 2.21. The molecule has 0 aliphatic carbocycles. The monoisotopic (exact) mass is 814 g/mol. The highest BCUT2D eigenvalue weighted by atomic mass is 16.5. The molecule has 17 N–H and O–H groups in total. The van der Waals surface area contributed by atoms with E-state index in [4.69, 9.17) is 33.1 Å². The summed E-state index contributed by atoms with van der Waals surface area (Å²) in [5, 5.41) is 42.3. The highest BCUT2D eigenvalue weighted by molar-refractivity contribution is 5.97. The lowest BCUT2D eigenvalue weighted by molar-refractivity contribution is -0.137. The number of hydrogen-bond donors (Lipinski definition) is 13. The maximum atomic E-state index is 13.4. The topological polar surface area (TPSA) is 356 Å². The van der Waals surface area contributed by atoms with Crippen LogP contribution in [0.4, 0.5) is 0 Å². The van der Waals surface area contributed by atoms with Crippen LogP contribution in [-0.2, 0) is 35.2 Å². The number of rotatable bonds is 25. The number of primary amides is 1. The van der Waals surface area contributed by atoms with Gasteiger partial charge in [-0.2, -0.15) is 0 Å². The minimum Gasteiger partial charge on any atom is -0.391 e. The van der Waals surface area contributed by atoms with Crippen molar-refractivity contribution in [3.63, 3.8) is 0 Å². The summed E-state index contributed by atoms with van der Waals surface area (Å²) in [4.78, 5) is 88.9. The van der Waals surface area contributed by atoms with E-state index in [1.54, 1.807) is 12.1 Å². The number of nitrogens with one attached hydrogen (secondary N) is 6. The van der Waals surface area contributed by atoms with Gasteiger partial charge in [-0.25, -0.2) is 0 Å². The molecule has 0 aromatic heterocycles. The Kier molecular flexibility index (Phi) is 20.9. The van der Waals surface area contributed by atoms with Gasteiger partial charge in [-0.15, -0.1) is 0 Å². The minimum atomic E-state index is -2.18. The van der Waals surface area contributed by atoms with Gasteiger partial charge in [0.2, 0.25) is 29.5 Å². The second-order valence-corrected chi connectivity index (χ2v) is 13.7. The molecule has 20 nitrogen and oxygen atoms in total. The molecule has 0 spiro atoms. The van der Waals surface area contributed by atoms with Gasteiger partial charge < -0.3 is 70.2 Å².